The van der Waals surface area contributed by atoms with Gasteiger partial charge in [0.1, 0.15) is 6.04 Å². The number of hydrazine groups is 1. The number of rotatable bonds is 7. The number of carbonyl (C=O) groups is 5. The Morgan fingerprint density at radius 1 is 0.919 bits per heavy atom. The molecule has 2 aliphatic carbocycles. The monoisotopic (exact) mass is 521 g/mol. The molecule has 4 amide bonds. The van der Waals surface area contributed by atoms with Crippen molar-refractivity contribution in [3.63, 3.8) is 0 Å². The Labute approximate surface area is 217 Å². The highest BCUT2D eigenvalue weighted by atomic mass is 35.5. The van der Waals surface area contributed by atoms with Crippen molar-refractivity contribution >= 4 is 41.2 Å². The van der Waals surface area contributed by atoms with Crippen LogP contribution >= 0.6 is 11.6 Å². The SMILES string of the molecule is O=C(COC(=O)[C@H](Cc1ccccc1)N1C(=O)[C@H]2[C@H](C1=O)[C@H]1C=C[C@H]2C1)NNC(=O)c1ccccc1Cl. The van der Waals surface area contributed by atoms with Gasteiger partial charge in [-0.25, -0.2) is 4.79 Å². The van der Waals surface area contributed by atoms with Crippen LogP contribution in [0.25, 0.3) is 0 Å². The first-order valence-corrected chi connectivity index (χ1v) is 12.3. The van der Waals surface area contributed by atoms with E-state index in [0.717, 1.165) is 16.9 Å². The fourth-order valence-electron chi connectivity index (χ4n) is 5.46. The summed E-state index contributed by atoms with van der Waals surface area (Å²) in [5.41, 5.74) is 5.26. The van der Waals surface area contributed by atoms with Gasteiger partial charge in [-0.3, -0.25) is 34.9 Å². The molecule has 2 bridgehead atoms. The number of hydrogen-bond donors (Lipinski definition) is 2. The average Bonchev–Trinajstić information content (AvgIpc) is 3.59. The van der Waals surface area contributed by atoms with E-state index in [9.17, 15) is 24.0 Å². The van der Waals surface area contributed by atoms with Gasteiger partial charge in [0.15, 0.2) is 6.61 Å². The normalized spacial score (nSPS) is 24.1. The first-order chi connectivity index (χ1) is 17.8. The van der Waals surface area contributed by atoms with E-state index in [4.69, 9.17) is 16.3 Å². The maximum Gasteiger partial charge on any atom is 0.330 e. The van der Waals surface area contributed by atoms with Crippen LogP contribution in [0.3, 0.4) is 0 Å². The highest BCUT2D eigenvalue weighted by Crippen LogP contribution is 2.53. The van der Waals surface area contributed by atoms with Gasteiger partial charge in [-0.05, 0) is 36.0 Å². The lowest BCUT2D eigenvalue weighted by atomic mass is 9.85. The van der Waals surface area contributed by atoms with E-state index in [2.05, 4.69) is 10.9 Å². The molecule has 37 heavy (non-hydrogen) atoms. The first kappa shape index (κ1) is 24.7. The molecule has 0 aromatic heterocycles. The summed E-state index contributed by atoms with van der Waals surface area (Å²) in [6, 6.07) is 14.1. The zero-order chi connectivity index (χ0) is 26.1. The van der Waals surface area contributed by atoms with Crippen LogP contribution in [0.2, 0.25) is 5.02 Å². The smallest absolute Gasteiger partial charge is 0.330 e. The lowest BCUT2D eigenvalue weighted by Gasteiger charge is -2.26. The molecule has 0 radical (unpaired) electrons. The number of allylic oxidation sites excluding steroid dienone is 2. The molecule has 1 saturated carbocycles. The van der Waals surface area contributed by atoms with Crippen LogP contribution in [0, 0.1) is 23.7 Å². The van der Waals surface area contributed by atoms with Crippen LogP contribution in [-0.2, 0) is 30.3 Å². The van der Waals surface area contributed by atoms with Gasteiger partial charge in [0.25, 0.3) is 11.8 Å². The molecule has 1 heterocycles. The third kappa shape index (κ3) is 4.74. The Bertz CT molecular complexity index is 1270. The number of ether oxygens (including phenoxy) is 1. The van der Waals surface area contributed by atoms with Gasteiger partial charge < -0.3 is 4.74 Å². The van der Waals surface area contributed by atoms with E-state index >= 15 is 0 Å². The van der Waals surface area contributed by atoms with Crippen LogP contribution in [0.5, 0.6) is 0 Å². The predicted molar refractivity (Wildman–Crippen MR) is 132 cm³/mol. The molecule has 1 saturated heterocycles. The fourth-order valence-corrected chi connectivity index (χ4v) is 5.68. The molecule has 0 unspecified atom stereocenters. The summed E-state index contributed by atoms with van der Waals surface area (Å²) in [5.74, 6) is -4.00. The second-order valence-electron chi connectivity index (χ2n) is 9.34. The number of benzene rings is 2. The number of nitrogens with zero attached hydrogens (tertiary/aromatic N) is 1. The summed E-state index contributed by atoms with van der Waals surface area (Å²) < 4.78 is 5.21. The van der Waals surface area contributed by atoms with E-state index in [0.29, 0.717) is 0 Å². The average molecular weight is 522 g/mol. The zero-order valence-corrected chi connectivity index (χ0v) is 20.4. The molecular formula is C27H24ClN3O6. The summed E-state index contributed by atoms with van der Waals surface area (Å²) in [5, 5.41) is 0.206. The van der Waals surface area contributed by atoms with Crippen molar-refractivity contribution in [2.75, 3.05) is 6.61 Å². The molecule has 5 rings (SSSR count). The lowest BCUT2D eigenvalue weighted by Crippen LogP contribution is -2.49. The number of esters is 1. The molecule has 0 spiro atoms. The van der Waals surface area contributed by atoms with Crippen molar-refractivity contribution in [3.05, 3.63) is 82.9 Å². The number of fused-ring (bicyclic) bond motifs is 5. The van der Waals surface area contributed by atoms with Gasteiger partial charge in [0.05, 0.1) is 22.4 Å². The summed E-state index contributed by atoms with van der Waals surface area (Å²) in [6.45, 7) is -0.719. The summed E-state index contributed by atoms with van der Waals surface area (Å²) in [7, 11) is 0. The largest absolute Gasteiger partial charge is 0.454 e. The first-order valence-electron chi connectivity index (χ1n) is 11.9. The van der Waals surface area contributed by atoms with E-state index in [-0.39, 0.29) is 40.7 Å². The van der Waals surface area contributed by atoms with Gasteiger partial charge in [0, 0.05) is 6.42 Å². The molecule has 3 aliphatic rings. The summed E-state index contributed by atoms with van der Waals surface area (Å²) in [4.78, 5) is 65.3. The molecular weight excluding hydrogens is 498 g/mol. The lowest BCUT2D eigenvalue weighted by molar-refractivity contribution is -0.160. The fraction of sp³-hybridized carbons (Fsp3) is 0.296. The second-order valence-corrected chi connectivity index (χ2v) is 9.75. The van der Waals surface area contributed by atoms with Gasteiger partial charge in [-0.2, -0.15) is 0 Å². The Kier molecular flexibility index (Phi) is 6.80. The minimum atomic E-state index is -1.21. The number of halogens is 1. The van der Waals surface area contributed by atoms with Crippen molar-refractivity contribution in [1.29, 1.82) is 0 Å². The molecule has 2 N–H and O–H groups in total. The van der Waals surface area contributed by atoms with Gasteiger partial charge in [-0.1, -0.05) is 66.2 Å². The standard InChI is InChI=1S/C27H24ClN3O6/c28-19-9-5-4-8-18(19)24(33)30-29-21(32)14-37-27(36)20(12-15-6-2-1-3-7-15)31-25(34)22-16-10-11-17(13-16)23(22)26(31)35/h1-11,16-17,20,22-23H,12-14H2,(H,29,32)(H,30,33)/t16-,17-,20-,22+,23+/m0/s1. The highest BCUT2D eigenvalue weighted by molar-refractivity contribution is 6.33. The number of likely N-dealkylation sites (tertiary alicyclic amines) is 1. The van der Waals surface area contributed by atoms with E-state index in [1.54, 1.807) is 36.4 Å². The van der Waals surface area contributed by atoms with E-state index in [1.807, 2.05) is 18.2 Å². The van der Waals surface area contributed by atoms with Crippen molar-refractivity contribution < 1.29 is 28.7 Å². The third-order valence-electron chi connectivity index (χ3n) is 7.14. The number of nitrogens with one attached hydrogen (secondary N) is 2. The van der Waals surface area contributed by atoms with Gasteiger partial charge >= 0.3 is 5.97 Å². The van der Waals surface area contributed by atoms with Crippen molar-refractivity contribution in [1.82, 2.24) is 15.8 Å². The molecule has 2 aromatic carbocycles. The molecule has 190 valence electrons. The Hall–Kier alpha value is -3.98. The van der Waals surface area contributed by atoms with Gasteiger partial charge in [-0.15, -0.1) is 0 Å². The zero-order valence-electron chi connectivity index (χ0n) is 19.6. The minimum absolute atomic E-state index is 0.00245. The number of amides is 4. The Balaban J connectivity index is 1.25. The number of hydrogen-bond acceptors (Lipinski definition) is 6. The Morgan fingerprint density at radius 2 is 1.54 bits per heavy atom. The highest BCUT2D eigenvalue weighted by Gasteiger charge is 2.61. The third-order valence-corrected chi connectivity index (χ3v) is 7.47. The maximum absolute atomic E-state index is 13.3. The van der Waals surface area contributed by atoms with Gasteiger partial charge in [0.2, 0.25) is 11.8 Å². The van der Waals surface area contributed by atoms with Crippen molar-refractivity contribution in [2.24, 2.45) is 23.7 Å². The Morgan fingerprint density at radius 3 is 2.19 bits per heavy atom. The summed E-state index contributed by atoms with van der Waals surface area (Å²) >= 11 is 5.97. The van der Waals surface area contributed by atoms with Crippen LogP contribution in [0.1, 0.15) is 22.3 Å². The number of imide groups is 1. The maximum atomic E-state index is 13.3. The molecule has 9 nitrogen and oxygen atoms in total. The van der Waals surface area contributed by atoms with E-state index in [1.165, 1.54) is 12.1 Å². The molecule has 2 fully saturated rings. The second kappa shape index (κ2) is 10.2. The van der Waals surface area contributed by atoms with Crippen LogP contribution in [-0.4, -0.2) is 47.1 Å². The molecule has 1 aliphatic heterocycles. The van der Waals surface area contributed by atoms with E-state index < -0.39 is 42.3 Å². The van der Waals surface area contributed by atoms with Crippen molar-refractivity contribution in [3.8, 4) is 0 Å². The predicted octanol–water partition coefficient (Wildman–Crippen LogP) is 2.06. The molecule has 2 aromatic rings. The molecule has 10 heteroatoms. The van der Waals surface area contributed by atoms with Crippen LogP contribution < -0.4 is 10.9 Å². The molecule has 5 atom stereocenters. The topological polar surface area (TPSA) is 122 Å². The van der Waals surface area contributed by atoms with Crippen LogP contribution in [0.15, 0.2) is 66.7 Å². The van der Waals surface area contributed by atoms with Crippen LogP contribution in [0.4, 0.5) is 0 Å². The summed E-state index contributed by atoms with van der Waals surface area (Å²) in [6.07, 6.45) is 4.79. The van der Waals surface area contributed by atoms with Crippen molar-refractivity contribution in [2.45, 2.75) is 18.9 Å². The number of carbonyl (C=O) groups excluding carboxylic acids is 5. The quantitative estimate of drug-likeness (QED) is 0.249. The minimum Gasteiger partial charge on any atom is -0.454 e.